The zero-order chi connectivity index (χ0) is 14.8. The Hall–Kier alpha value is -2.63. The van der Waals surface area contributed by atoms with E-state index in [-0.39, 0.29) is 5.91 Å². The molecular weight excluding hydrogens is 270 g/mol. The van der Waals surface area contributed by atoms with E-state index in [1.165, 1.54) is 0 Å². The van der Waals surface area contributed by atoms with Gasteiger partial charge in [0.05, 0.1) is 17.0 Å². The predicted molar refractivity (Wildman–Crippen MR) is 77.9 cm³/mol. The quantitative estimate of drug-likeness (QED) is 0.940. The Morgan fingerprint density at radius 1 is 1.29 bits per heavy atom. The van der Waals surface area contributed by atoms with Gasteiger partial charge in [0.1, 0.15) is 0 Å². The van der Waals surface area contributed by atoms with E-state index in [0.717, 1.165) is 22.5 Å². The molecule has 0 radical (unpaired) electrons. The van der Waals surface area contributed by atoms with Gasteiger partial charge in [-0.3, -0.25) is 10.1 Å². The molecule has 21 heavy (non-hydrogen) atoms. The minimum absolute atomic E-state index is 0.288. The summed E-state index contributed by atoms with van der Waals surface area (Å²) < 4.78 is 5.23. The molecule has 1 aromatic carbocycles. The van der Waals surface area contributed by atoms with Gasteiger partial charge >= 0.3 is 0 Å². The normalized spacial score (nSPS) is 17.2. The van der Waals surface area contributed by atoms with Gasteiger partial charge in [-0.1, -0.05) is 40.6 Å². The van der Waals surface area contributed by atoms with E-state index in [1.807, 2.05) is 44.2 Å². The molecule has 1 unspecified atom stereocenters. The summed E-state index contributed by atoms with van der Waals surface area (Å²) in [5, 5.41) is 10.4. The Bertz CT molecular complexity index is 691. The molecule has 1 amide bonds. The summed E-state index contributed by atoms with van der Waals surface area (Å²) in [6, 6.07) is 9.65. The molecule has 6 heteroatoms. The first-order chi connectivity index (χ1) is 10.1. The topological polar surface area (TPSA) is 76.7 Å². The monoisotopic (exact) mass is 285 g/mol. The molecule has 1 atom stereocenters. The van der Waals surface area contributed by atoms with Gasteiger partial charge in [-0.2, -0.15) is 0 Å². The average Bonchev–Trinajstić information content (AvgIpc) is 3.06. The van der Waals surface area contributed by atoms with Crippen molar-refractivity contribution in [1.29, 1.82) is 0 Å². The van der Waals surface area contributed by atoms with Crippen molar-refractivity contribution in [2.75, 3.05) is 5.32 Å². The summed E-state index contributed by atoms with van der Waals surface area (Å²) in [6.07, 6.45) is -0.126. The number of hydrogen-bond donors (Lipinski definition) is 1. The number of carbonyl (C=O) groups excluding carboxylic acids is 1. The summed E-state index contributed by atoms with van der Waals surface area (Å²) in [6.45, 7) is 3.65. The standard InChI is InChI=1S/C15H15N3O3/c1-9-8-12(20-17-9)14(19)16-15-13(10(2)18-21-15)11-6-4-3-5-7-11/h3-7,12H,8H2,1-2H3,(H,16,19). The fourth-order valence-electron chi connectivity index (χ4n) is 2.23. The highest BCUT2D eigenvalue weighted by Crippen LogP contribution is 2.31. The van der Waals surface area contributed by atoms with E-state index in [0.29, 0.717) is 12.3 Å². The summed E-state index contributed by atoms with van der Waals surface area (Å²) in [5.41, 5.74) is 3.23. The number of nitrogens with one attached hydrogen (secondary N) is 1. The smallest absolute Gasteiger partial charge is 0.271 e. The molecule has 1 N–H and O–H groups in total. The van der Waals surface area contributed by atoms with E-state index < -0.39 is 6.10 Å². The molecule has 2 aromatic rings. The molecule has 1 aliphatic heterocycles. The van der Waals surface area contributed by atoms with Crippen LogP contribution in [-0.4, -0.2) is 22.9 Å². The molecule has 6 nitrogen and oxygen atoms in total. The number of rotatable bonds is 3. The molecule has 2 heterocycles. The lowest BCUT2D eigenvalue weighted by Crippen LogP contribution is -2.27. The SMILES string of the molecule is CC1=NOC(C(=O)Nc2onc(C)c2-c2ccccc2)C1. The maximum Gasteiger partial charge on any atom is 0.271 e. The van der Waals surface area contributed by atoms with E-state index in [1.54, 1.807) is 0 Å². The van der Waals surface area contributed by atoms with Gasteiger partial charge in [0.2, 0.25) is 12.0 Å². The Kier molecular flexibility index (Phi) is 3.43. The Labute approximate surface area is 121 Å². The third-order valence-electron chi connectivity index (χ3n) is 3.27. The highest BCUT2D eigenvalue weighted by molar-refractivity contribution is 6.00. The highest BCUT2D eigenvalue weighted by atomic mass is 16.6. The van der Waals surface area contributed by atoms with Gasteiger partial charge in [-0.05, 0) is 19.4 Å². The van der Waals surface area contributed by atoms with Crippen molar-refractivity contribution in [2.45, 2.75) is 26.4 Å². The highest BCUT2D eigenvalue weighted by Gasteiger charge is 2.28. The summed E-state index contributed by atoms with van der Waals surface area (Å²) >= 11 is 0. The molecular formula is C15H15N3O3. The van der Waals surface area contributed by atoms with Crippen LogP contribution in [0, 0.1) is 6.92 Å². The van der Waals surface area contributed by atoms with Crippen LogP contribution in [0.3, 0.4) is 0 Å². The number of amides is 1. The first kappa shape index (κ1) is 13.4. The van der Waals surface area contributed by atoms with Crippen LogP contribution in [-0.2, 0) is 9.63 Å². The zero-order valence-electron chi connectivity index (χ0n) is 11.8. The van der Waals surface area contributed by atoms with Crippen LogP contribution in [0.1, 0.15) is 19.0 Å². The molecule has 0 saturated carbocycles. The first-order valence-corrected chi connectivity index (χ1v) is 6.67. The number of carbonyl (C=O) groups is 1. The maximum atomic E-state index is 12.2. The molecule has 0 bridgehead atoms. The van der Waals surface area contributed by atoms with Crippen LogP contribution in [0.25, 0.3) is 11.1 Å². The number of benzene rings is 1. The summed E-state index contributed by atoms with van der Waals surface area (Å²) in [7, 11) is 0. The van der Waals surface area contributed by atoms with Crippen molar-refractivity contribution < 1.29 is 14.2 Å². The van der Waals surface area contributed by atoms with Gasteiger partial charge in [-0.15, -0.1) is 0 Å². The van der Waals surface area contributed by atoms with Crippen LogP contribution in [0.2, 0.25) is 0 Å². The minimum atomic E-state index is -0.612. The lowest BCUT2D eigenvalue weighted by atomic mass is 10.1. The number of oxime groups is 1. The van der Waals surface area contributed by atoms with Crippen molar-refractivity contribution in [3.05, 3.63) is 36.0 Å². The third-order valence-corrected chi connectivity index (χ3v) is 3.27. The van der Waals surface area contributed by atoms with Crippen molar-refractivity contribution in [3.63, 3.8) is 0 Å². The van der Waals surface area contributed by atoms with E-state index >= 15 is 0 Å². The molecule has 0 saturated heterocycles. The molecule has 0 fully saturated rings. The van der Waals surface area contributed by atoms with E-state index in [2.05, 4.69) is 15.6 Å². The first-order valence-electron chi connectivity index (χ1n) is 6.67. The average molecular weight is 285 g/mol. The number of hydrogen-bond acceptors (Lipinski definition) is 5. The molecule has 1 aromatic heterocycles. The molecule has 1 aliphatic rings. The Morgan fingerprint density at radius 3 is 2.71 bits per heavy atom. The number of aromatic nitrogens is 1. The number of anilines is 1. The molecule has 3 rings (SSSR count). The third kappa shape index (κ3) is 2.65. The fourth-order valence-corrected chi connectivity index (χ4v) is 2.23. The maximum absolute atomic E-state index is 12.2. The minimum Gasteiger partial charge on any atom is -0.382 e. The number of nitrogens with zero attached hydrogens (tertiary/aromatic N) is 2. The van der Waals surface area contributed by atoms with Crippen molar-refractivity contribution in [1.82, 2.24) is 5.16 Å². The molecule has 0 spiro atoms. The van der Waals surface area contributed by atoms with Crippen LogP contribution in [0.4, 0.5) is 5.88 Å². The van der Waals surface area contributed by atoms with E-state index in [9.17, 15) is 4.79 Å². The summed E-state index contributed by atoms with van der Waals surface area (Å²) in [5.74, 6) is 0.0424. The van der Waals surface area contributed by atoms with Crippen LogP contribution in [0.5, 0.6) is 0 Å². The second kappa shape index (κ2) is 5.40. The van der Waals surface area contributed by atoms with Crippen LogP contribution in [0.15, 0.2) is 40.0 Å². The van der Waals surface area contributed by atoms with E-state index in [4.69, 9.17) is 9.36 Å². The van der Waals surface area contributed by atoms with Crippen LogP contribution < -0.4 is 5.32 Å². The lowest BCUT2D eigenvalue weighted by Gasteiger charge is -2.08. The van der Waals surface area contributed by atoms with Crippen molar-refractivity contribution in [3.8, 4) is 11.1 Å². The number of aryl methyl sites for hydroxylation is 1. The largest absolute Gasteiger partial charge is 0.382 e. The van der Waals surface area contributed by atoms with Gasteiger partial charge in [0.25, 0.3) is 5.91 Å². The second-order valence-electron chi connectivity index (χ2n) is 4.95. The summed E-state index contributed by atoms with van der Waals surface area (Å²) in [4.78, 5) is 17.2. The zero-order valence-corrected chi connectivity index (χ0v) is 11.8. The molecule has 108 valence electrons. The van der Waals surface area contributed by atoms with Gasteiger partial charge in [0, 0.05) is 6.42 Å². The van der Waals surface area contributed by atoms with Gasteiger partial charge in [-0.25, -0.2) is 0 Å². The molecule has 0 aliphatic carbocycles. The van der Waals surface area contributed by atoms with Gasteiger partial charge in [0.15, 0.2) is 0 Å². The van der Waals surface area contributed by atoms with Crippen LogP contribution >= 0.6 is 0 Å². The Balaban J connectivity index is 1.82. The predicted octanol–water partition coefficient (Wildman–Crippen LogP) is 2.75. The van der Waals surface area contributed by atoms with Crippen molar-refractivity contribution in [2.24, 2.45) is 5.16 Å². The fraction of sp³-hybridized carbons (Fsp3) is 0.267. The Morgan fingerprint density at radius 2 is 2.05 bits per heavy atom. The lowest BCUT2D eigenvalue weighted by molar-refractivity contribution is -0.125. The van der Waals surface area contributed by atoms with Gasteiger partial charge < -0.3 is 9.36 Å². The second-order valence-corrected chi connectivity index (χ2v) is 4.95. The van der Waals surface area contributed by atoms with Crippen molar-refractivity contribution >= 4 is 17.5 Å².